The van der Waals surface area contributed by atoms with Crippen LogP contribution in [0.25, 0.3) is 0 Å². The Balaban J connectivity index is 3.46. The Morgan fingerprint density at radius 1 is 0.450 bits per heavy atom. The number of unbranched alkanes of at least 4 members (excludes halogenated alkanes) is 36. The minimum atomic E-state index is -0.852. The molecule has 0 fully saturated rings. The van der Waals surface area contributed by atoms with Gasteiger partial charge in [-0.25, -0.2) is 0 Å². The summed E-state index contributed by atoms with van der Waals surface area (Å²) in [5.41, 5.74) is 0. The van der Waals surface area contributed by atoms with E-state index in [1.807, 2.05) is 6.08 Å². The van der Waals surface area contributed by atoms with Gasteiger partial charge >= 0.3 is 5.97 Å². The van der Waals surface area contributed by atoms with Crippen LogP contribution in [0.1, 0.15) is 284 Å². The number of hydrogen-bond donors (Lipinski definition) is 3. The van der Waals surface area contributed by atoms with E-state index in [0.717, 1.165) is 57.8 Å². The second-order valence-electron chi connectivity index (χ2n) is 18.2. The first-order valence-corrected chi connectivity index (χ1v) is 26.6. The molecule has 0 spiro atoms. The molecule has 2 unspecified atom stereocenters. The summed E-state index contributed by atoms with van der Waals surface area (Å²) in [5.74, 6) is -0.0915. The van der Waals surface area contributed by atoms with Crippen LogP contribution in [-0.4, -0.2) is 47.4 Å². The van der Waals surface area contributed by atoms with Crippen molar-refractivity contribution < 1.29 is 24.5 Å². The molecule has 0 aliphatic carbocycles. The van der Waals surface area contributed by atoms with Crippen LogP contribution < -0.4 is 5.32 Å². The van der Waals surface area contributed by atoms with Gasteiger partial charge in [-0.15, -0.1) is 0 Å². The second-order valence-corrected chi connectivity index (χ2v) is 18.2. The van der Waals surface area contributed by atoms with Crippen molar-refractivity contribution in [2.24, 2.45) is 0 Å². The fourth-order valence-electron chi connectivity index (χ4n) is 8.10. The average Bonchev–Trinajstić information content (AvgIpc) is 3.25. The highest BCUT2D eigenvalue weighted by molar-refractivity contribution is 5.76. The van der Waals surface area contributed by atoms with E-state index >= 15 is 0 Å². The molecule has 0 aromatic carbocycles. The summed E-state index contributed by atoms with van der Waals surface area (Å²) in [6.45, 7) is 4.87. The smallest absolute Gasteiger partial charge is 0.305 e. The number of allylic oxidation sites excluding steroid dienone is 3. The Hall–Kier alpha value is -1.66. The zero-order chi connectivity index (χ0) is 43.7. The largest absolute Gasteiger partial charge is 0.466 e. The van der Waals surface area contributed by atoms with Gasteiger partial charge in [0.25, 0.3) is 0 Å². The molecule has 2 atom stereocenters. The fraction of sp³-hybridized carbons (Fsp3) is 0.889. The molecule has 0 aromatic heterocycles. The van der Waals surface area contributed by atoms with Gasteiger partial charge in [-0.3, -0.25) is 9.59 Å². The molecule has 0 aliphatic rings. The van der Waals surface area contributed by atoms with E-state index in [2.05, 4.69) is 31.3 Å². The van der Waals surface area contributed by atoms with Crippen LogP contribution in [-0.2, 0) is 14.3 Å². The Labute approximate surface area is 373 Å². The molecule has 0 aromatic rings. The summed E-state index contributed by atoms with van der Waals surface area (Å²) in [7, 11) is 0. The molecule has 354 valence electrons. The molecule has 0 saturated heterocycles. The van der Waals surface area contributed by atoms with Gasteiger partial charge < -0.3 is 20.3 Å². The minimum Gasteiger partial charge on any atom is -0.466 e. The van der Waals surface area contributed by atoms with Crippen molar-refractivity contribution in [2.45, 2.75) is 296 Å². The molecule has 6 nitrogen and oxygen atoms in total. The molecular weight excluding hydrogens is 743 g/mol. The number of esters is 1. The zero-order valence-electron chi connectivity index (χ0n) is 40.2. The number of carbonyl (C=O) groups excluding carboxylic acids is 2. The number of ether oxygens (including phenoxy) is 1. The van der Waals surface area contributed by atoms with Crippen molar-refractivity contribution in [3.8, 4) is 0 Å². The summed E-state index contributed by atoms with van der Waals surface area (Å²) in [5, 5.41) is 23.0. The SMILES string of the molecule is CCCCCCCC/C=C\CCCCCCCCCC(=O)OCCCCCCCCCCCCCCCC(=O)NC(CO)C(O)/C=C/CCCCCCCCCCCCC. The molecule has 6 heteroatoms. The van der Waals surface area contributed by atoms with Crippen LogP contribution in [0, 0.1) is 0 Å². The van der Waals surface area contributed by atoms with Crippen LogP contribution in [0.3, 0.4) is 0 Å². The summed E-state index contributed by atoms with van der Waals surface area (Å²) in [4.78, 5) is 24.5. The van der Waals surface area contributed by atoms with Crippen LogP contribution in [0.15, 0.2) is 24.3 Å². The highest BCUT2D eigenvalue weighted by atomic mass is 16.5. The van der Waals surface area contributed by atoms with Gasteiger partial charge in [0, 0.05) is 12.8 Å². The normalized spacial score (nSPS) is 12.8. The van der Waals surface area contributed by atoms with Gasteiger partial charge in [-0.1, -0.05) is 237 Å². The Kier molecular flexibility index (Phi) is 48.6. The second kappa shape index (κ2) is 50.0. The molecule has 60 heavy (non-hydrogen) atoms. The van der Waals surface area contributed by atoms with Crippen molar-refractivity contribution in [3.63, 3.8) is 0 Å². The number of carbonyl (C=O) groups is 2. The van der Waals surface area contributed by atoms with E-state index in [1.54, 1.807) is 6.08 Å². The molecule has 0 radical (unpaired) electrons. The van der Waals surface area contributed by atoms with Gasteiger partial charge in [0.05, 0.1) is 25.4 Å². The van der Waals surface area contributed by atoms with E-state index in [4.69, 9.17) is 4.74 Å². The van der Waals surface area contributed by atoms with Crippen LogP contribution in [0.5, 0.6) is 0 Å². The Morgan fingerprint density at radius 3 is 1.18 bits per heavy atom. The maximum Gasteiger partial charge on any atom is 0.305 e. The summed E-state index contributed by atoms with van der Waals surface area (Å²) in [6, 6.07) is -0.636. The lowest BCUT2D eigenvalue weighted by Crippen LogP contribution is -2.45. The minimum absolute atomic E-state index is 0.0104. The molecule has 0 aliphatic heterocycles. The number of rotatable bonds is 49. The topological polar surface area (TPSA) is 95.9 Å². The van der Waals surface area contributed by atoms with E-state index in [0.29, 0.717) is 19.4 Å². The number of aliphatic hydroxyl groups is 2. The standard InChI is InChI=1S/C54H103NO5/c1-3-5-7-9-11-13-15-17-18-19-20-24-28-32-36-40-44-48-54(59)60-49-45-41-37-33-29-25-21-23-27-31-35-39-43-47-53(58)55-51(50-56)52(57)46-42-38-34-30-26-22-16-14-12-10-8-6-4-2/h17-18,42,46,51-52,56-57H,3-16,19-41,43-45,47-50H2,1-2H3,(H,55,58)/b18-17-,46-42+. The van der Waals surface area contributed by atoms with Gasteiger partial charge in [-0.05, 0) is 57.8 Å². The Morgan fingerprint density at radius 2 is 0.783 bits per heavy atom. The lowest BCUT2D eigenvalue weighted by molar-refractivity contribution is -0.143. The van der Waals surface area contributed by atoms with Crippen molar-refractivity contribution in [1.82, 2.24) is 5.32 Å². The Bertz CT molecular complexity index is 935. The highest BCUT2D eigenvalue weighted by Crippen LogP contribution is 2.16. The fourth-order valence-corrected chi connectivity index (χ4v) is 8.10. The lowest BCUT2D eigenvalue weighted by Gasteiger charge is -2.20. The van der Waals surface area contributed by atoms with Gasteiger partial charge in [0.2, 0.25) is 5.91 Å². The van der Waals surface area contributed by atoms with Crippen LogP contribution in [0.4, 0.5) is 0 Å². The zero-order valence-corrected chi connectivity index (χ0v) is 40.2. The first kappa shape index (κ1) is 58.3. The molecule has 0 saturated carbocycles. The molecule has 1 amide bonds. The summed E-state index contributed by atoms with van der Waals surface area (Å²) < 4.78 is 5.47. The average molecular weight is 846 g/mol. The van der Waals surface area contributed by atoms with Crippen molar-refractivity contribution >= 4 is 11.9 Å². The monoisotopic (exact) mass is 846 g/mol. The maximum atomic E-state index is 12.4. The van der Waals surface area contributed by atoms with E-state index in [1.165, 1.54) is 199 Å². The quantitative estimate of drug-likeness (QED) is 0.0322. The third-order valence-corrected chi connectivity index (χ3v) is 12.2. The van der Waals surface area contributed by atoms with Gasteiger partial charge in [0.15, 0.2) is 0 Å². The summed E-state index contributed by atoms with van der Waals surface area (Å²) in [6.07, 6.45) is 58.9. The third-order valence-electron chi connectivity index (χ3n) is 12.2. The maximum absolute atomic E-state index is 12.4. The molecule has 0 bridgehead atoms. The number of nitrogens with one attached hydrogen (secondary N) is 1. The lowest BCUT2D eigenvalue weighted by atomic mass is 10.0. The highest BCUT2D eigenvalue weighted by Gasteiger charge is 2.18. The first-order valence-electron chi connectivity index (χ1n) is 26.6. The van der Waals surface area contributed by atoms with Crippen LogP contribution >= 0.6 is 0 Å². The summed E-state index contributed by atoms with van der Waals surface area (Å²) >= 11 is 0. The van der Waals surface area contributed by atoms with Gasteiger partial charge in [0.1, 0.15) is 0 Å². The molecule has 0 rings (SSSR count). The first-order chi connectivity index (χ1) is 29.5. The number of aliphatic hydroxyl groups excluding tert-OH is 2. The van der Waals surface area contributed by atoms with Crippen LogP contribution in [0.2, 0.25) is 0 Å². The van der Waals surface area contributed by atoms with E-state index in [-0.39, 0.29) is 18.5 Å². The predicted molar refractivity (Wildman–Crippen MR) is 260 cm³/mol. The van der Waals surface area contributed by atoms with Crippen molar-refractivity contribution in [1.29, 1.82) is 0 Å². The van der Waals surface area contributed by atoms with Crippen molar-refractivity contribution in [3.05, 3.63) is 24.3 Å². The number of hydrogen-bond acceptors (Lipinski definition) is 5. The third kappa shape index (κ3) is 45.9. The van der Waals surface area contributed by atoms with Gasteiger partial charge in [-0.2, -0.15) is 0 Å². The predicted octanol–water partition coefficient (Wildman–Crippen LogP) is 15.9. The van der Waals surface area contributed by atoms with E-state index < -0.39 is 12.1 Å². The molecule has 0 heterocycles. The number of amides is 1. The molecular formula is C54H103NO5. The van der Waals surface area contributed by atoms with Crippen molar-refractivity contribution in [2.75, 3.05) is 13.2 Å². The van der Waals surface area contributed by atoms with E-state index in [9.17, 15) is 19.8 Å². The molecule has 3 N–H and O–H groups in total.